The summed E-state index contributed by atoms with van der Waals surface area (Å²) in [6.45, 7) is -1.53. The van der Waals surface area contributed by atoms with Crippen LogP contribution in [-0.4, -0.2) is 48.9 Å². The molecule has 0 radical (unpaired) electrons. The molecule has 0 unspecified atom stereocenters. The fourth-order valence-electron chi connectivity index (χ4n) is 5.85. The number of guanidine groups is 1. The van der Waals surface area contributed by atoms with Crippen LogP contribution in [0.25, 0.3) is 0 Å². The first-order valence-corrected chi connectivity index (χ1v) is 14.1. The highest BCUT2D eigenvalue weighted by atomic mass is 19.4. The average molecular weight is 638 g/mol. The number of hydrogen-bond acceptors (Lipinski definition) is 6. The van der Waals surface area contributed by atoms with Crippen molar-refractivity contribution in [2.24, 2.45) is 16.6 Å². The largest absolute Gasteiger partial charge is 0.451 e. The standard InChI is InChI=1S/C29H26F7N7O2/c30-19-3-1-2-18(13-19)27(9-8-16-4-5-16)25(45)43(26(37)38-27)14-17-6-7-21(28(31,32)33)20(12-17)23(44)41-10-11-42-22(15-41)39-40-24(42)29(34,35)36/h1-3,6-7,12-13,16H,4-5,8-11,14-15H2,(H2,37,38)/t27-/m1/s1. The zero-order chi connectivity index (χ0) is 32.3. The summed E-state index contributed by atoms with van der Waals surface area (Å²) in [5.74, 6) is -3.52. The molecule has 2 aliphatic heterocycles. The number of alkyl halides is 6. The molecule has 1 aromatic heterocycles. The molecule has 0 saturated heterocycles. The monoisotopic (exact) mass is 637 g/mol. The lowest BCUT2D eigenvalue weighted by Crippen LogP contribution is -2.43. The number of benzene rings is 2. The topological polar surface area (TPSA) is 110 Å². The van der Waals surface area contributed by atoms with E-state index in [2.05, 4.69) is 15.2 Å². The molecule has 3 heterocycles. The summed E-state index contributed by atoms with van der Waals surface area (Å²) in [4.78, 5) is 33.9. The molecule has 0 spiro atoms. The maximum Gasteiger partial charge on any atom is 0.451 e. The van der Waals surface area contributed by atoms with Crippen LogP contribution in [0, 0.1) is 11.7 Å². The maximum atomic E-state index is 14.2. The second-order valence-electron chi connectivity index (χ2n) is 11.4. The van der Waals surface area contributed by atoms with Crippen molar-refractivity contribution in [3.05, 3.63) is 82.2 Å². The Bertz CT molecular complexity index is 1700. The number of aromatic nitrogens is 3. The molecule has 16 heteroatoms. The summed E-state index contributed by atoms with van der Waals surface area (Å²) in [6.07, 6.45) is -6.85. The summed E-state index contributed by atoms with van der Waals surface area (Å²) < 4.78 is 96.8. The van der Waals surface area contributed by atoms with E-state index in [1.165, 1.54) is 18.2 Å². The summed E-state index contributed by atoms with van der Waals surface area (Å²) in [6, 6.07) is 8.25. The van der Waals surface area contributed by atoms with Crippen molar-refractivity contribution < 1.29 is 40.3 Å². The summed E-state index contributed by atoms with van der Waals surface area (Å²) in [7, 11) is 0. The van der Waals surface area contributed by atoms with E-state index in [0.717, 1.165) is 39.3 Å². The number of aliphatic imine (C=N–C) groups is 1. The Balaban J connectivity index is 1.29. The second kappa shape index (κ2) is 10.8. The van der Waals surface area contributed by atoms with E-state index in [0.29, 0.717) is 24.0 Å². The van der Waals surface area contributed by atoms with Crippen LogP contribution in [-0.2, 0) is 42.3 Å². The third-order valence-corrected chi connectivity index (χ3v) is 8.35. The fourth-order valence-corrected chi connectivity index (χ4v) is 5.85. The molecule has 1 saturated carbocycles. The number of rotatable bonds is 7. The molecule has 45 heavy (non-hydrogen) atoms. The van der Waals surface area contributed by atoms with Crippen molar-refractivity contribution in [2.75, 3.05) is 6.54 Å². The van der Waals surface area contributed by atoms with Gasteiger partial charge in [-0.15, -0.1) is 10.2 Å². The van der Waals surface area contributed by atoms with Gasteiger partial charge in [-0.05, 0) is 54.2 Å². The van der Waals surface area contributed by atoms with Gasteiger partial charge in [0.1, 0.15) is 5.82 Å². The Hall–Kier alpha value is -4.50. The molecular formula is C29H26F7N7O2. The maximum absolute atomic E-state index is 14.2. The minimum atomic E-state index is -4.94. The van der Waals surface area contributed by atoms with Gasteiger partial charge < -0.3 is 15.2 Å². The third-order valence-electron chi connectivity index (χ3n) is 8.35. The quantitative estimate of drug-likeness (QED) is 0.373. The lowest BCUT2D eigenvalue weighted by Gasteiger charge is -2.29. The van der Waals surface area contributed by atoms with Crippen molar-refractivity contribution >= 4 is 17.8 Å². The van der Waals surface area contributed by atoms with Crippen LogP contribution in [0.4, 0.5) is 30.7 Å². The molecule has 2 N–H and O–H groups in total. The number of carbonyl (C=O) groups is 2. The second-order valence-corrected chi connectivity index (χ2v) is 11.4. The first-order valence-electron chi connectivity index (χ1n) is 14.1. The van der Waals surface area contributed by atoms with Crippen molar-refractivity contribution in [2.45, 2.75) is 63.2 Å². The molecule has 1 aliphatic carbocycles. The van der Waals surface area contributed by atoms with Gasteiger partial charge in [-0.1, -0.05) is 31.0 Å². The van der Waals surface area contributed by atoms with Gasteiger partial charge in [0.15, 0.2) is 17.3 Å². The summed E-state index contributed by atoms with van der Waals surface area (Å²) in [5.41, 5.74) is 3.09. The molecule has 2 aromatic carbocycles. The lowest BCUT2D eigenvalue weighted by atomic mass is 9.84. The van der Waals surface area contributed by atoms with Crippen LogP contribution in [0.5, 0.6) is 0 Å². The number of nitrogens with zero attached hydrogens (tertiary/aromatic N) is 6. The van der Waals surface area contributed by atoms with Gasteiger partial charge in [-0.3, -0.25) is 14.5 Å². The van der Waals surface area contributed by atoms with Gasteiger partial charge in [0.25, 0.3) is 11.8 Å². The highest BCUT2D eigenvalue weighted by molar-refractivity contribution is 6.07. The Morgan fingerprint density at radius 3 is 2.42 bits per heavy atom. The molecule has 3 aliphatic rings. The van der Waals surface area contributed by atoms with E-state index in [9.17, 15) is 40.3 Å². The highest BCUT2D eigenvalue weighted by Gasteiger charge is 2.50. The first-order chi connectivity index (χ1) is 21.2. The van der Waals surface area contributed by atoms with Gasteiger partial charge in [0, 0.05) is 13.1 Å². The van der Waals surface area contributed by atoms with Gasteiger partial charge in [0.2, 0.25) is 5.82 Å². The number of nitrogens with two attached hydrogens (primary N) is 1. The van der Waals surface area contributed by atoms with Gasteiger partial charge in [-0.25, -0.2) is 9.38 Å². The van der Waals surface area contributed by atoms with Gasteiger partial charge >= 0.3 is 12.4 Å². The van der Waals surface area contributed by atoms with Crippen molar-refractivity contribution in [1.29, 1.82) is 0 Å². The molecular weight excluding hydrogens is 611 g/mol. The highest BCUT2D eigenvalue weighted by Crippen LogP contribution is 2.43. The fraction of sp³-hybridized carbons (Fsp3) is 0.414. The Kier molecular flexibility index (Phi) is 7.35. The third kappa shape index (κ3) is 5.73. The number of carbonyl (C=O) groups excluding carboxylic acids is 2. The Morgan fingerprint density at radius 1 is 1.00 bits per heavy atom. The molecule has 2 amide bonds. The van der Waals surface area contributed by atoms with E-state index in [1.807, 2.05) is 0 Å². The Labute approximate surface area is 251 Å². The SMILES string of the molecule is NC1=N[C@](CCC2CC2)(c2cccc(F)c2)C(=O)N1Cc1ccc(C(F)(F)F)c(C(=O)N2CCn3c(nnc3C(F)(F)F)C2)c1. The van der Waals surface area contributed by atoms with Crippen LogP contribution in [0.2, 0.25) is 0 Å². The van der Waals surface area contributed by atoms with Crippen molar-refractivity contribution in [3.63, 3.8) is 0 Å². The minimum absolute atomic E-state index is 0.120. The molecule has 0 bridgehead atoms. The number of amides is 2. The first kappa shape index (κ1) is 30.5. The van der Waals surface area contributed by atoms with Crippen molar-refractivity contribution in [3.8, 4) is 0 Å². The van der Waals surface area contributed by atoms with Crippen LogP contribution < -0.4 is 5.73 Å². The normalized spacial score (nSPS) is 20.4. The van der Waals surface area contributed by atoms with E-state index in [1.54, 1.807) is 6.07 Å². The zero-order valence-corrected chi connectivity index (χ0v) is 23.5. The van der Waals surface area contributed by atoms with Crippen molar-refractivity contribution in [1.82, 2.24) is 24.6 Å². The number of fused-ring (bicyclic) bond motifs is 1. The molecule has 3 aromatic rings. The zero-order valence-electron chi connectivity index (χ0n) is 23.5. The summed E-state index contributed by atoms with van der Waals surface area (Å²) >= 11 is 0. The van der Waals surface area contributed by atoms with Gasteiger partial charge in [0.05, 0.1) is 24.2 Å². The van der Waals surface area contributed by atoms with Crippen LogP contribution in [0.15, 0.2) is 47.5 Å². The predicted molar refractivity (Wildman–Crippen MR) is 143 cm³/mol. The molecule has 238 valence electrons. The van der Waals surface area contributed by atoms with E-state index in [-0.39, 0.29) is 43.4 Å². The predicted octanol–water partition coefficient (Wildman–Crippen LogP) is 4.85. The average Bonchev–Trinajstić information content (AvgIpc) is 3.65. The van der Waals surface area contributed by atoms with Gasteiger partial charge in [-0.2, -0.15) is 26.3 Å². The molecule has 1 fully saturated rings. The number of halogens is 7. The molecule has 1 atom stereocenters. The van der Waals surface area contributed by atoms with Crippen LogP contribution in [0.1, 0.15) is 64.4 Å². The minimum Gasteiger partial charge on any atom is -0.369 e. The van der Waals surface area contributed by atoms with E-state index < -0.39 is 59.0 Å². The molecule has 6 rings (SSSR count). The van der Waals surface area contributed by atoms with Crippen LogP contribution in [0.3, 0.4) is 0 Å². The Morgan fingerprint density at radius 2 is 1.76 bits per heavy atom. The van der Waals surface area contributed by atoms with Crippen LogP contribution >= 0.6 is 0 Å². The number of hydrogen-bond donors (Lipinski definition) is 1. The van der Waals surface area contributed by atoms with E-state index in [4.69, 9.17) is 5.73 Å². The smallest absolute Gasteiger partial charge is 0.369 e. The summed E-state index contributed by atoms with van der Waals surface area (Å²) in [5, 5.41) is 6.61. The lowest BCUT2D eigenvalue weighted by molar-refractivity contribution is -0.148. The van der Waals surface area contributed by atoms with E-state index >= 15 is 0 Å². The molecule has 9 nitrogen and oxygen atoms in total.